The van der Waals surface area contributed by atoms with E-state index in [2.05, 4.69) is 110 Å². The number of fused-ring (bicyclic) bond motifs is 2. The Bertz CT molecular complexity index is 1680. The smallest absolute Gasteiger partial charge is 0.0395 e. The molecule has 2 heteroatoms. The lowest BCUT2D eigenvalue weighted by Gasteiger charge is -2.42. The van der Waals surface area contributed by atoms with Gasteiger partial charge >= 0.3 is 0 Å². The molecule has 6 unspecified atom stereocenters. The molecule has 0 saturated heterocycles. The number of hydrogen-bond donors (Lipinski definition) is 1. The highest BCUT2D eigenvalue weighted by molar-refractivity contribution is 5.85. The number of nitrogens with zero attached hydrogens (tertiary/aromatic N) is 1. The molecule has 2 nitrogen and oxygen atoms in total. The van der Waals surface area contributed by atoms with Crippen molar-refractivity contribution in [2.24, 2.45) is 40.5 Å². The lowest BCUT2D eigenvalue weighted by molar-refractivity contribution is 0.296. The van der Waals surface area contributed by atoms with Crippen LogP contribution in [0, 0.1) is 35.5 Å². The molecule has 1 saturated carbocycles. The Hall–Kier alpha value is -3.39. The first-order valence-electron chi connectivity index (χ1n) is 19.9. The van der Waals surface area contributed by atoms with Crippen LogP contribution in [0.1, 0.15) is 104 Å². The van der Waals surface area contributed by atoms with Crippen molar-refractivity contribution in [3.05, 3.63) is 113 Å². The zero-order chi connectivity index (χ0) is 33.6. The van der Waals surface area contributed by atoms with E-state index in [9.17, 15) is 0 Å². The Morgan fingerprint density at radius 2 is 1.86 bits per heavy atom. The van der Waals surface area contributed by atoms with Gasteiger partial charge in [0, 0.05) is 30.9 Å². The predicted octanol–water partition coefficient (Wildman–Crippen LogP) is 12.8. The maximum atomic E-state index is 4.52. The van der Waals surface area contributed by atoms with Crippen LogP contribution in [0.15, 0.2) is 118 Å². The van der Waals surface area contributed by atoms with Crippen LogP contribution in [-0.4, -0.2) is 19.3 Å². The normalized spacial score (nSPS) is 27.9. The van der Waals surface area contributed by atoms with E-state index in [-0.39, 0.29) is 0 Å². The number of benzene rings is 2. The molecular weight excluding hydrogens is 593 g/mol. The van der Waals surface area contributed by atoms with Crippen molar-refractivity contribution >= 4 is 22.7 Å². The van der Waals surface area contributed by atoms with Crippen LogP contribution in [0.2, 0.25) is 0 Å². The number of anilines is 1. The quantitative estimate of drug-likeness (QED) is 0.227. The summed E-state index contributed by atoms with van der Waals surface area (Å²) in [5.41, 5.74) is 11.1. The van der Waals surface area contributed by atoms with Crippen molar-refractivity contribution in [2.75, 3.05) is 18.4 Å². The van der Waals surface area contributed by atoms with Crippen LogP contribution in [0.3, 0.4) is 0 Å². The molecule has 6 atom stereocenters. The van der Waals surface area contributed by atoms with Gasteiger partial charge in [-0.2, -0.15) is 0 Å². The van der Waals surface area contributed by atoms with Crippen LogP contribution >= 0.6 is 0 Å². The molecule has 0 aromatic heterocycles. The third kappa shape index (κ3) is 8.00. The van der Waals surface area contributed by atoms with Gasteiger partial charge in [-0.05, 0) is 148 Å². The molecule has 4 aliphatic carbocycles. The van der Waals surface area contributed by atoms with E-state index in [1.165, 1.54) is 98.2 Å². The summed E-state index contributed by atoms with van der Waals surface area (Å²) in [6.07, 6.45) is 32.8. The van der Waals surface area contributed by atoms with Crippen molar-refractivity contribution in [1.82, 2.24) is 0 Å². The Morgan fingerprint density at radius 1 is 0.959 bits per heavy atom. The lowest BCUT2D eigenvalue weighted by Crippen LogP contribution is -2.29. The SMILES string of the molecule is C=C(CCC)C1=CCC(C2=C3CCCCC3C(/C(C)=C/CC(CNc3ccc4ccccc4c3)C3C=CC(C4C=NCC4)=CC3)CC2)CC1. The largest absolute Gasteiger partial charge is 0.385 e. The van der Waals surface area contributed by atoms with E-state index in [0.29, 0.717) is 17.8 Å². The monoisotopic (exact) mass is 652 g/mol. The van der Waals surface area contributed by atoms with Gasteiger partial charge in [0.05, 0.1) is 0 Å². The van der Waals surface area contributed by atoms with Crippen LogP contribution in [0.5, 0.6) is 0 Å². The molecule has 2 aromatic rings. The number of rotatable bonds is 12. The first-order valence-corrected chi connectivity index (χ1v) is 19.9. The van der Waals surface area contributed by atoms with Crippen molar-refractivity contribution in [3.63, 3.8) is 0 Å². The summed E-state index contributed by atoms with van der Waals surface area (Å²) in [6, 6.07) is 15.5. The average molecular weight is 653 g/mol. The Balaban J connectivity index is 1.06. The summed E-state index contributed by atoms with van der Waals surface area (Å²) < 4.78 is 0. The predicted molar refractivity (Wildman–Crippen MR) is 212 cm³/mol. The molecule has 0 bridgehead atoms. The summed E-state index contributed by atoms with van der Waals surface area (Å²) in [4.78, 5) is 4.52. The standard InChI is InChI=1S/C47H60N2/c1-4-9-33(2)35-16-22-39(23-17-35)45-27-26-44(46-12-7-8-13-47(45)46)34(3)14-15-41(37-18-20-38(21-19-37)42-28-29-48-31-42)32-49-43-25-24-36-10-5-6-11-40(36)30-43/h5-6,10-11,14,16,18,20-21,24-25,30-31,37,39,41-42,44,46,49H,2,4,7-9,12-13,15,17,19,22-23,26-29,32H2,1,3H3/b34-14+. The van der Waals surface area contributed by atoms with E-state index < -0.39 is 0 Å². The highest BCUT2D eigenvalue weighted by Crippen LogP contribution is 2.50. The number of allylic oxidation sites excluding steroid dienone is 11. The molecule has 49 heavy (non-hydrogen) atoms. The molecule has 0 spiro atoms. The second kappa shape index (κ2) is 16.1. The molecule has 1 heterocycles. The van der Waals surface area contributed by atoms with Gasteiger partial charge in [0.15, 0.2) is 0 Å². The Kier molecular flexibility index (Phi) is 11.2. The fourth-order valence-corrected chi connectivity index (χ4v) is 9.97. The summed E-state index contributed by atoms with van der Waals surface area (Å²) in [5.74, 6) is 3.91. The number of nitrogens with one attached hydrogen (secondary N) is 1. The van der Waals surface area contributed by atoms with E-state index in [1.807, 2.05) is 11.1 Å². The van der Waals surface area contributed by atoms with Gasteiger partial charge in [0.2, 0.25) is 0 Å². The van der Waals surface area contributed by atoms with Crippen molar-refractivity contribution in [3.8, 4) is 0 Å². The zero-order valence-corrected chi connectivity index (χ0v) is 30.4. The average Bonchev–Trinajstić information content (AvgIpc) is 3.70. The molecule has 258 valence electrons. The molecule has 7 rings (SSSR count). The second-order valence-corrected chi connectivity index (χ2v) is 15.9. The van der Waals surface area contributed by atoms with Crippen LogP contribution < -0.4 is 5.32 Å². The van der Waals surface area contributed by atoms with Gasteiger partial charge in [0.25, 0.3) is 0 Å². The van der Waals surface area contributed by atoms with Gasteiger partial charge in [-0.15, -0.1) is 0 Å². The summed E-state index contributed by atoms with van der Waals surface area (Å²) in [7, 11) is 0. The molecule has 1 aliphatic heterocycles. The maximum Gasteiger partial charge on any atom is 0.0395 e. The highest BCUT2D eigenvalue weighted by atomic mass is 14.9. The van der Waals surface area contributed by atoms with Crippen molar-refractivity contribution in [2.45, 2.75) is 104 Å². The van der Waals surface area contributed by atoms with Gasteiger partial charge in [0.1, 0.15) is 0 Å². The van der Waals surface area contributed by atoms with E-state index >= 15 is 0 Å². The van der Waals surface area contributed by atoms with E-state index in [0.717, 1.165) is 50.1 Å². The first kappa shape index (κ1) is 34.1. The fourth-order valence-electron chi connectivity index (χ4n) is 9.97. The molecule has 1 N–H and O–H groups in total. The molecule has 0 amide bonds. The van der Waals surface area contributed by atoms with Gasteiger partial charge < -0.3 is 5.32 Å². The lowest BCUT2D eigenvalue weighted by atomic mass is 9.63. The molecule has 5 aliphatic rings. The van der Waals surface area contributed by atoms with Crippen molar-refractivity contribution in [1.29, 1.82) is 0 Å². The summed E-state index contributed by atoms with van der Waals surface area (Å²) in [5, 5.41) is 6.50. The topological polar surface area (TPSA) is 24.4 Å². The molecule has 2 aromatic carbocycles. The summed E-state index contributed by atoms with van der Waals surface area (Å²) in [6.45, 7) is 11.2. The highest BCUT2D eigenvalue weighted by Gasteiger charge is 2.36. The summed E-state index contributed by atoms with van der Waals surface area (Å²) >= 11 is 0. The number of hydrogen-bond acceptors (Lipinski definition) is 2. The Labute approximate surface area is 297 Å². The van der Waals surface area contributed by atoms with Crippen LogP contribution in [-0.2, 0) is 0 Å². The van der Waals surface area contributed by atoms with Gasteiger partial charge in [-0.1, -0.05) is 109 Å². The Morgan fingerprint density at radius 3 is 2.63 bits per heavy atom. The number of aliphatic imine (C=N–C) groups is 1. The first-order chi connectivity index (χ1) is 24.1. The van der Waals surface area contributed by atoms with Crippen LogP contribution in [0.25, 0.3) is 10.8 Å². The fraction of sp³-hybridized carbons (Fsp3) is 0.511. The molecule has 0 radical (unpaired) electrons. The zero-order valence-electron chi connectivity index (χ0n) is 30.4. The minimum absolute atomic E-state index is 0.523. The van der Waals surface area contributed by atoms with E-state index in [4.69, 9.17) is 0 Å². The maximum absolute atomic E-state index is 4.52. The third-order valence-electron chi connectivity index (χ3n) is 12.9. The van der Waals surface area contributed by atoms with Gasteiger partial charge in [-0.3, -0.25) is 4.99 Å². The molecule has 1 fully saturated rings. The van der Waals surface area contributed by atoms with E-state index in [1.54, 1.807) is 11.1 Å². The van der Waals surface area contributed by atoms with Gasteiger partial charge in [-0.25, -0.2) is 0 Å². The third-order valence-corrected chi connectivity index (χ3v) is 12.9. The second-order valence-electron chi connectivity index (χ2n) is 15.9. The minimum atomic E-state index is 0.523. The molecular formula is C47H60N2. The minimum Gasteiger partial charge on any atom is -0.385 e. The van der Waals surface area contributed by atoms with Crippen LogP contribution in [0.4, 0.5) is 5.69 Å². The van der Waals surface area contributed by atoms with Crippen molar-refractivity contribution < 1.29 is 0 Å².